The molecule has 0 radical (unpaired) electrons. The molecule has 0 saturated heterocycles. The van der Waals surface area contributed by atoms with Gasteiger partial charge >= 0.3 is 0 Å². The second-order valence-corrected chi connectivity index (χ2v) is 8.41. The van der Waals surface area contributed by atoms with Crippen molar-refractivity contribution < 1.29 is 0 Å². The predicted molar refractivity (Wildman–Crippen MR) is 128 cm³/mol. The number of nitrogens with one attached hydrogen (secondary N) is 1. The molecule has 1 N–H and O–H groups in total. The summed E-state index contributed by atoms with van der Waals surface area (Å²) in [5.41, 5.74) is 9.58. The largest absolute Gasteiger partial charge is 0.379 e. The molecular weight excluding hydrogens is 368 g/mol. The summed E-state index contributed by atoms with van der Waals surface area (Å²) in [6.45, 7) is 10.7. The molecule has 4 heteroatoms. The Morgan fingerprint density at radius 3 is 2.60 bits per heavy atom. The average Bonchev–Trinajstić information content (AvgIpc) is 3.05. The number of aryl methyl sites for hydroxylation is 1. The number of pyridine rings is 1. The summed E-state index contributed by atoms with van der Waals surface area (Å²) in [6, 6.07) is 13.1. The lowest BCUT2D eigenvalue weighted by Crippen LogP contribution is -2.17. The fourth-order valence-electron chi connectivity index (χ4n) is 4.44. The van der Waals surface area contributed by atoms with Crippen molar-refractivity contribution in [3.05, 3.63) is 71.6 Å². The Labute approximate surface area is 179 Å². The quantitative estimate of drug-likeness (QED) is 0.555. The summed E-state index contributed by atoms with van der Waals surface area (Å²) in [5, 5.41) is 3.74. The normalized spacial score (nSPS) is 13.9. The van der Waals surface area contributed by atoms with Crippen molar-refractivity contribution in [3.63, 3.8) is 0 Å². The first kappa shape index (κ1) is 20.3. The maximum Gasteiger partial charge on any atom is 0.0942 e. The van der Waals surface area contributed by atoms with Crippen LogP contribution in [0.2, 0.25) is 0 Å². The monoisotopic (exact) mass is 400 g/mol. The van der Waals surface area contributed by atoms with Gasteiger partial charge in [-0.3, -0.25) is 0 Å². The second kappa shape index (κ2) is 8.39. The standard InChI is InChI=1S/C26H32N4/c1-6-24-19(4)25-26(30(24)18(2)3)23(27-16-20-11-10-14-29(5)17-20)15-22(28-25)21-12-8-7-9-13-21/h7-13,15,17-18H,6,14,16H2,1-5H3,(H,27,28). The number of fused-ring (bicyclic) bond motifs is 1. The lowest BCUT2D eigenvalue weighted by Gasteiger charge is -2.20. The van der Waals surface area contributed by atoms with Gasteiger partial charge in [0.15, 0.2) is 0 Å². The van der Waals surface area contributed by atoms with Crippen molar-refractivity contribution >= 4 is 16.7 Å². The molecule has 0 spiro atoms. The highest BCUT2D eigenvalue weighted by molar-refractivity contribution is 5.95. The van der Waals surface area contributed by atoms with Crippen molar-refractivity contribution in [1.29, 1.82) is 0 Å². The van der Waals surface area contributed by atoms with Gasteiger partial charge in [-0.2, -0.15) is 0 Å². The Bertz CT molecular complexity index is 1100. The molecule has 0 bridgehead atoms. The van der Waals surface area contributed by atoms with E-state index in [0.717, 1.165) is 42.0 Å². The SMILES string of the molecule is CCc1c(C)c2nc(-c3ccccc3)cc(NCC3=CN(C)CC=C3)c2n1C(C)C. The molecular formula is C26H32N4. The van der Waals surface area contributed by atoms with Crippen molar-refractivity contribution in [2.24, 2.45) is 0 Å². The molecule has 1 aromatic carbocycles. The first-order chi connectivity index (χ1) is 14.5. The van der Waals surface area contributed by atoms with Crippen LogP contribution in [-0.4, -0.2) is 34.6 Å². The Morgan fingerprint density at radius 1 is 1.17 bits per heavy atom. The van der Waals surface area contributed by atoms with E-state index in [1.54, 1.807) is 0 Å². The number of benzene rings is 1. The summed E-state index contributed by atoms with van der Waals surface area (Å²) in [5.74, 6) is 0. The van der Waals surface area contributed by atoms with Gasteiger partial charge in [0.2, 0.25) is 0 Å². The predicted octanol–water partition coefficient (Wildman–Crippen LogP) is 5.95. The molecule has 0 saturated carbocycles. The fourth-order valence-corrected chi connectivity index (χ4v) is 4.44. The first-order valence-electron chi connectivity index (χ1n) is 10.9. The molecule has 2 aromatic heterocycles. The van der Waals surface area contributed by atoms with Crippen LogP contribution in [0.4, 0.5) is 5.69 Å². The minimum Gasteiger partial charge on any atom is -0.379 e. The molecule has 1 aliphatic rings. The Morgan fingerprint density at radius 2 is 1.93 bits per heavy atom. The molecule has 0 aliphatic carbocycles. The molecule has 4 nitrogen and oxygen atoms in total. The summed E-state index contributed by atoms with van der Waals surface area (Å²) in [6.07, 6.45) is 7.64. The highest BCUT2D eigenvalue weighted by atomic mass is 15.1. The summed E-state index contributed by atoms with van der Waals surface area (Å²) < 4.78 is 2.46. The van der Waals surface area contributed by atoms with E-state index in [1.165, 1.54) is 22.3 Å². The Balaban J connectivity index is 1.87. The van der Waals surface area contributed by atoms with Crippen LogP contribution in [0, 0.1) is 6.92 Å². The number of likely N-dealkylation sites (N-methyl/N-ethyl adjacent to an activating group) is 1. The Hall–Kier alpha value is -3.01. The molecule has 0 unspecified atom stereocenters. The molecule has 1 aliphatic heterocycles. The van der Waals surface area contributed by atoms with Crippen LogP contribution in [0.5, 0.6) is 0 Å². The summed E-state index contributed by atoms with van der Waals surface area (Å²) in [4.78, 5) is 7.34. The average molecular weight is 401 g/mol. The Kier molecular flexibility index (Phi) is 5.67. The number of aromatic nitrogens is 2. The number of anilines is 1. The van der Waals surface area contributed by atoms with Gasteiger partial charge in [-0.25, -0.2) is 4.98 Å². The van der Waals surface area contributed by atoms with Crippen LogP contribution < -0.4 is 5.32 Å². The van der Waals surface area contributed by atoms with Crippen LogP contribution in [0.25, 0.3) is 22.3 Å². The van der Waals surface area contributed by atoms with Gasteiger partial charge in [0, 0.05) is 43.6 Å². The molecule has 0 amide bonds. The first-order valence-corrected chi connectivity index (χ1v) is 10.9. The minimum atomic E-state index is 0.376. The molecule has 0 fully saturated rings. The molecule has 4 rings (SSSR count). The van der Waals surface area contributed by atoms with Crippen molar-refractivity contribution in [2.75, 3.05) is 25.5 Å². The molecule has 156 valence electrons. The van der Waals surface area contributed by atoms with Crippen LogP contribution >= 0.6 is 0 Å². The third-order valence-electron chi connectivity index (χ3n) is 5.83. The van der Waals surface area contributed by atoms with E-state index in [-0.39, 0.29) is 0 Å². The fraction of sp³-hybridized carbons (Fsp3) is 0.346. The van der Waals surface area contributed by atoms with Gasteiger partial charge in [-0.15, -0.1) is 0 Å². The van der Waals surface area contributed by atoms with Gasteiger partial charge < -0.3 is 14.8 Å². The lowest BCUT2D eigenvalue weighted by atomic mass is 10.1. The zero-order valence-corrected chi connectivity index (χ0v) is 18.7. The molecule has 30 heavy (non-hydrogen) atoms. The number of rotatable bonds is 6. The van der Waals surface area contributed by atoms with E-state index in [1.807, 2.05) is 0 Å². The highest BCUT2D eigenvalue weighted by Crippen LogP contribution is 2.36. The van der Waals surface area contributed by atoms with Gasteiger partial charge in [-0.1, -0.05) is 49.4 Å². The van der Waals surface area contributed by atoms with Gasteiger partial charge in [0.25, 0.3) is 0 Å². The van der Waals surface area contributed by atoms with E-state index in [2.05, 4.69) is 104 Å². The second-order valence-electron chi connectivity index (χ2n) is 8.41. The molecule has 3 aromatic rings. The van der Waals surface area contributed by atoms with E-state index >= 15 is 0 Å². The zero-order chi connectivity index (χ0) is 21.3. The van der Waals surface area contributed by atoms with Crippen LogP contribution in [0.1, 0.15) is 38.1 Å². The topological polar surface area (TPSA) is 33.1 Å². The summed E-state index contributed by atoms with van der Waals surface area (Å²) in [7, 11) is 2.11. The van der Waals surface area contributed by atoms with Crippen LogP contribution in [0.15, 0.2) is 60.3 Å². The van der Waals surface area contributed by atoms with Crippen molar-refractivity contribution in [1.82, 2.24) is 14.5 Å². The number of hydrogen-bond donors (Lipinski definition) is 1. The lowest BCUT2D eigenvalue weighted by molar-refractivity contribution is 0.499. The highest BCUT2D eigenvalue weighted by Gasteiger charge is 2.20. The third kappa shape index (κ3) is 3.74. The van der Waals surface area contributed by atoms with Gasteiger partial charge in [-0.05, 0) is 44.4 Å². The van der Waals surface area contributed by atoms with Gasteiger partial charge in [0.05, 0.1) is 22.4 Å². The number of nitrogens with zero attached hydrogens (tertiary/aromatic N) is 3. The van der Waals surface area contributed by atoms with Crippen LogP contribution in [0.3, 0.4) is 0 Å². The van der Waals surface area contributed by atoms with Gasteiger partial charge in [0.1, 0.15) is 0 Å². The van der Waals surface area contributed by atoms with Crippen molar-refractivity contribution in [3.8, 4) is 11.3 Å². The number of hydrogen-bond acceptors (Lipinski definition) is 3. The maximum absolute atomic E-state index is 5.13. The summed E-state index contributed by atoms with van der Waals surface area (Å²) >= 11 is 0. The molecule has 3 heterocycles. The zero-order valence-electron chi connectivity index (χ0n) is 18.7. The third-order valence-corrected chi connectivity index (χ3v) is 5.83. The van der Waals surface area contributed by atoms with E-state index < -0.39 is 0 Å². The van der Waals surface area contributed by atoms with E-state index in [9.17, 15) is 0 Å². The minimum absolute atomic E-state index is 0.376. The van der Waals surface area contributed by atoms with E-state index in [0.29, 0.717) is 6.04 Å². The van der Waals surface area contributed by atoms with Crippen LogP contribution in [-0.2, 0) is 6.42 Å². The molecule has 0 atom stereocenters. The van der Waals surface area contributed by atoms with Crippen molar-refractivity contribution in [2.45, 2.75) is 40.2 Å². The van der Waals surface area contributed by atoms with E-state index in [4.69, 9.17) is 4.98 Å². The maximum atomic E-state index is 5.13. The smallest absolute Gasteiger partial charge is 0.0942 e.